The Bertz CT molecular complexity index is 323. The molecule has 0 aliphatic carbocycles. The van der Waals surface area contributed by atoms with E-state index in [1.165, 1.54) is 0 Å². The van der Waals surface area contributed by atoms with Gasteiger partial charge < -0.3 is 14.8 Å². The van der Waals surface area contributed by atoms with Gasteiger partial charge in [0.1, 0.15) is 0 Å². The number of pyridine rings is 1. The van der Waals surface area contributed by atoms with E-state index in [1.54, 1.807) is 14.2 Å². The second kappa shape index (κ2) is 6.57. The van der Waals surface area contributed by atoms with Crippen molar-refractivity contribution in [3.63, 3.8) is 0 Å². The summed E-state index contributed by atoms with van der Waals surface area (Å²) in [6.45, 7) is 5.91. The Kier molecular flexibility index (Phi) is 5.38. The van der Waals surface area contributed by atoms with Gasteiger partial charge in [-0.1, -0.05) is 6.07 Å². The highest BCUT2D eigenvalue weighted by molar-refractivity contribution is 5.17. The van der Waals surface area contributed by atoms with Crippen LogP contribution in [-0.2, 0) is 11.3 Å². The Morgan fingerprint density at radius 3 is 2.59 bits per heavy atom. The van der Waals surface area contributed by atoms with Gasteiger partial charge in [0.2, 0.25) is 5.88 Å². The lowest BCUT2D eigenvalue weighted by molar-refractivity contribution is 0.0158. The van der Waals surface area contributed by atoms with E-state index in [9.17, 15) is 0 Å². The molecule has 1 rings (SSSR count). The molecule has 1 aromatic heterocycles. The lowest BCUT2D eigenvalue weighted by Gasteiger charge is -2.22. The number of hydrogen-bond donors (Lipinski definition) is 1. The fraction of sp³-hybridized carbons (Fsp3) is 0.615. The minimum atomic E-state index is -0.0643. The van der Waals surface area contributed by atoms with Crippen LogP contribution in [0.15, 0.2) is 18.3 Å². The van der Waals surface area contributed by atoms with Gasteiger partial charge in [-0.05, 0) is 32.4 Å². The SMILES string of the molecule is COc1ccc(CNCCC(C)(C)OC)cn1. The van der Waals surface area contributed by atoms with E-state index in [4.69, 9.17) is 9.47 Å². The van der Waals surface area contributed by atoms with Gasteiger partial charge in [-0.25, -0.2) is 4.98 Å². The van der Waals surface area contributed by atoms with E-state index in [0.717, 1.165) is 25.1 Å². The molecule has 0 saturated carbocycles. The second-order valence-electron chi connectivity index (χ2n) is 4.60. The van der Waals surface area contributed by atoms with Gasteiger partial charge in [0.15, 0.2) is 0 Å². The lowest BCUT2D eigenvalue weighted by atomic mass is 10.1. The van der Waals surface area contributed by atoms with Crippen molar-refractivity contribution in [3.05, 3.63) is 23.9 Å². The number of hydrogen-bond acceptors (Lipinski definition) is 4. The smallest absolute Gasteiger partial charge is 0.212 e. The molecule has 1 heterocycles. The molecule has 0 saturated heterocycles. The van der Waals surface area contributed by atoms with E-state index in [1.807, 2.05) is 18.3 Å². The summed E-state index contributed by atoms with van der Waals surface area (Å²) in [7, 11) is 3.36. The van der Waals surface area contributed by atoms with Crippen molar-refractivity contribution in [2.24, 2.45) is 0 Å². The third kappa shape index (κ3) is 5.15. The van der Waals surface area contributed by atoms with Gasteiger partial charge in [-0.2, -0.15) is 0 Å². The van der Waals surface area contributed by atoms with Crippen molar-refractivity contribution < 1.29 is 9.47 Å². The topological polar surface area (TPSA) is 43.4 Å². The molecular weight excluding hydrogens is 216 g/mol. The minimum Gasteiger partial charge on any atom is -0.481 e. The third-order valence-electron chi connectivity index (χ3n) is 2.79. The highest BCUT2D eigenvalue weighted by atomic mass is 16.5. The molecule has 1 N–H and O–H groups in total. The van der Waals surface area contributed by atoms with Crippen molar-refractivity contribution in [2.75, 3.05) is 20.8 Å². The van der Waals surface area contributed by atoms with Crippen LogP contribution >= 0.6 is 0 Å². The maximum atomic E-state index is 5.35. The predicted octanol–water partition coefficient (Wildman–Crippen LogP) is 1.99. The highest BCUT2D eigenvalue weighted by Crippen LogP contribution is 2.11. The molecule has 96 valence electrons. The normalized spacial score (nSPS) is 11.5. The molecule has 0 bridgehead atoms. The Labute approximate surface area is 103 Å². The van der Waals surface area contributed by atoms with Crippen LogP contribution in [0.1, 0.15) is 25.8 Å². The number of ether oxygens (including phenoxy) is 2. The van der Waals surface area contributed by atoms with Crippen molar-refractivity contribution >= 4 is 0 Å². The van der Waals surface area contributed by atoms with E-state index in [-0.39, 0.29) is 5.60 Å². The Morgan fingerprint density at radius 2 is 2.06 bits per heavy atom. The Balaban J connectivity index is 2.26. The number of aromatic nitrogens is 1. The fourth-order valence-electron chi connectivity index (χ4n) is 1.36. The first-order chi connectivity index (χ1) is 8.07. The van der Waals surface area contributed by atoms with Crippen LogP contribution in [0.25, 0.3) is 0 Å². The van der Waals surface area contributed by atoms with Gasteiger partial charge in [0.05, 0.1) is 12.7 Å². The van der Waals surface area contributed by atoms with Crippen LogP contribution in [0, 0.1) is 0 Å². The van der Waals surface area contributed by atoms with Crippen molar-refractivity contribution in [2.45, 2.75) is 32.4 Å². The van der Waals surface area contributed by atoms with Crippen LogP contribution in [-0.4, -0.2) is 31.3 Å². The molecule has 17 heavy (non-hydrogen) atoms. The Morgan fingerprint density at radius 1 is 1.29 bits per heavy atom. The van der Waals surface area contributed by atoms with E-state index < -0.39 is 0 Å². The van der Waals surface area contributed by atoms with Crippen LogP contribution < -0.4 is 10.1 Å². The summed E-state index contributed by atoms with van der Waals surface area (Å²) in [4.78, 5) is 4.15. The Hall–Kier alpha value is -1.13. The largest absolute Gasteiger partial charge is 0.481 e. The van der Waals surface area contributed by atoms with Gasteiger partial charge in [0, 0.05) is 25.9 Å². The van der Waals surface area contributed by atoms with Gasteiger partial charge >= 0.3 is 0 Å². The van der Waals surface area contributed by atoms with Crippen LogP contribution in [0.2, 0.25) is 0 Å². The maximum absolute atomic E-state index is 5.35. The lowest BCUT2D eigenvalue weighted by Crippen LogP contribution is -2.28. The zero-order chi connectivity index (χ0) is 12.7. The van der Waals surface area contributed by atoms with Gasteiger partial charge in [-0.15, -0.1) is 0 Å². The maximum Gasteiger partial charge on any atom is 0.212 e. The first kappa shape index (κ1) is 13.9. The quantitative estimate of drug-likeness (QED) is 0.738. The zero-order valence-corrected chi connectivity index (χ0v) is 11.1. The zero-order valence-electron chi connectivity index (χ0n) is 11.1. The molecular formula is C13H22N2O2. The number of nitrogens with one attached hydrogen (secondary N) is 1. The predicted molar refractivity (Wildman–Crippen MR) is 68.2 cm³/mol. The van der Waals surface area contributed by atoms with E-state index in [0.29, 0.717) is 5.88 Å². The van der Waals surface area contributed by atoms with Crippen LogP contribution in [0.5, 0.6) is 5.88 Å². The molecule has 4 heteroatoms. The standard InChI is InChI=1S/C13H22N2O2/c1-13(2,17-4)7-8-14-9-11-5-6-12(16-3)15-10-11/h5-6,10,14H,7-9H2,1-4H3. The molecule has 0 aliphatic rings. The number of rotatable bonds is 7. The minimum absolute atomic E-state index is 0.0643. The molecule has 0 fully saturated rings. The van der Waals surface area contributed by atoms with Crippen molar-refractivity contribution in [1.29, 1.82) is 0 Å². The molecule has 0 unspecified atom stereocenters. The fourth-order valence-corrected chi connectivity index (χ4v) is 1.36. The molecule has 0 aliphatic heterocycles. The molecule has 4 nitrogen and oxygen atoms in total. The number of methoxy groups -OCH3 is 2. The summed E-state index contributed by atoms with van der Waals surface area (Å²) in [5, 5.41) is 3.37. The van der Waals surface area contributed by atoms with Crippen molar-refractivity contribution in [3.8, 4) is 5.88 Å². The monoisotopic (exact) mass is 238 g/mol. The van der Waals surface area contributed by atoms with Crippen molar-refractivity contribution in [1.82, 2.24) is 10.3 Å². The van der Waals surface area contributed by atoms with Gasteiger partial charge in [0.25, 0.3) is 0 Å². The van der Waals surface area contributed by atoms with E-state index in [2.05, 4.69) is 24.1 Å². The summed E-state index contributed by atoms with van der Waals surface area (Å²) < 4.78 is 10.4. The average Bonchev–Trinajstić information content (AvgIpc) is 2.35. The third-order valence-corrected chi connectivity index (χ3v) is 2.79. The molecule has 0 radical (unpaired) electrons. The summed E-state index contributed by atoms with van der Waals surface area (Å²) in [6.07, 6.45) is 2.81. The first-order valence-corrected chi connectivity index (χ1v) is 5.82. The second-order valence-corrected chi connectivity index (χ2v) is 4.60. The summed E-state index contributed by atoms with van der Waals surface area (Å²) in [6, 6.07) is 3.89. The molecule has 0 atom stereocenters. The van der Waals surface area contributed by atoms with Gasteiger partial charge in [-0.3, -0.25) is 0 Å². The molecule has 0 aromatic carbocycles. The molecule has 1 aromatic rings. The van der Waals surface area contributed by atoms with E-state index >= 15 is 0 Å². The van der Waals surface area contributed by atoms with Crippen LogP contribution in [0.3, 0.4) is 0 Å². The average molecular weight is 238 g/mol. The van der Waals surface area contributed by atoms with Crippen LogP contribution in [0.4, 0.5) is 0 Å². The molecule has 0 amide bonds. The summed E-state index contributed by atoms with van der Waals surface area (Å²) in [5.74, 6) is 0.647. The highest BCUT2D eigenvalue weighted by Gasteiger charge is 2.14. The first-order valence-electron chi connectivity index (χ1n) is 5.82. The summed E-state index contributed by atoms with van der Waals surface area (Å²) >= 11 is 0. The summed E-state index contributed by atoms with van der Waals surface area (Å²) in [5.41, 5.74) is 1.09. The number of nitrogens with zero attached hydrogens (tertiary/aromatic N) is 1. The molecule has 0 spiro atoms.